The molecule has 72 valence electrons. The molecule has 0 unspecified atom stereocenters. The first-order chi connectivity index (χ1) is 6.00. The molecule has 13 heavy (non-hydrogen) atoms. The zero-order valence-electron chi connectivity index (χ0n) is 7.06. The Labute approximate surface area is 89.0 Å². The zero-order valence-corrected chi connectivity index (χ0v) is 9.40. The summed E-state index contributed by atoms with van der Waals surface area (Å²) in [5, 5.41) is 19.1. The summed E-state index contributed by atoms with van der Waals surface area (Å²) in [6, 6.07) is 0. The Morgan fingerprint density at radius 2 is 1.85 bits per heavy atom. The molecule has 0 aliphatic carbocycles. The summed E-state index contributed by atoms with van der Waals surface area (Å²) in [5.74, 6) is -0.538. The second-order valence-electron chi connectivity index (χ2n) is 2.48. The Morgan fingerprint density at radius 1 is 1.31 bits per heavy atom. The van der Waals surface area contributed by atoms with E-state index in [9.17, 15) is 10.2 Å². The molecule has 0 aliphatic rings. The Morgan fingerprint density at radius 3 is 2.31 bits per heavy atom. The summed E-state index contributed by atoms with van der Waals surface area (Å²) in [7, 11) is 1.37. The van der Waals surface area contributed by atoms with Gasteiger partial charge in [0, 0.05) is 0 Å². The number of phenolic OH excluding ortho intramolecular Hbond substituents is 2. The fourth-order valence-corrected chi connectivity index (χ4v) is 1.71. The van der Waals surface area contributed by atoms with Crippen molar-refractivity contribution in [1.29, 1.82) is 0 Å². The van der Waals surface area contributed by atoms with E-state index in [1.54, 1.807) is 6.92 Å². The standard InChI is InChI=1S/C8H8BrClO3/c1-3-4(9)6(11)7(12)8(13-2)5(3)10/h11-12H,1-2H3. The largest absolute Gasteiger partial charge is 0.503 e. The highest BCUT2D eigenvalue weighted by atomic mass is 79.9. The molecule has 3 nitrogen and oxygen atoms in total. The van der Waals surface area contributed by atoms with E-state index in [4.69, 9.17) is 16.3 Å². The minimum atomic E-state index is -0.357. The molecule has 0 saturated carbocycles. The first-order valence-electron chi connectivity index (χ1n) is 3.44. The van der Waals surface area contributed by atoms with Crippen molar-refractivity contribution in [1.82, 2.24) is 0 Å². The van der Waals surface area contributed by atoms with Crippen molar-refractivity contribution in [3.05, 3.63) is 15.1 Å². The van der Waals surface area contributed by atoms with Crippen LogP contribution in [0.25, 0.3) is 0 Å². The maximum absolute atomic E-state index is 9.39. The molecule has 0 aromatic heterocycles. The van der Waals surface area contributed by atoms with E-state index in [0.717, 1.165) is 0 Å². The van der Waals surface area contributed by atoms with Crippen LogP contribution < -0.4 is 4.74 Å². The number of aromatic hydroxyl groups is 2. The van der Waals surface area contributed by atoms with Gasteiger partial charge in [-0.25, -0.2) is 0 Å². The molecule has 2 N–H and O–H groups in total. The van der Waals surface area contributed by atoms with E-state index in [2.05, 4.69) is 15.9 Å². The summed E-state index contributed by atoms with van der Waals surface area (Å²) in [4.78, 5) is 0. The second kappa shape index (κ2) is 3.64. The van der Waals surface area contributed by atoms with E-state index in [0.29, 0.717) is 10.0 Å². The number of benzene rings is 1. The van der Waals surface area contributed by atoms with Crippen molar-refractivity contribution >= 4 is 27.5 Å². The van der Waals surface area contributed by atoms with Crippen LogP contribution in [0.15, 0.2) is 4.47 Å². The minimum absolute atomic E-state index is 0.0832. The normalized spacial score (nSPS) is 10.2. The average molecular weight is 268 g/mol. The van der Waals surface area contributed by atoms with Gasteiger partial charge in [-0.1, -0.05) is 11.6 Å². The fraction of sp³-hybridized carbons (Fsp3) is 0.250. The minimum Gasteiger partial charge on any atom is -0.503 e. The van der Waals surface area contributed by atoms with Gasteiger partial charge in [-0.05, 0) is 28.4 Å². The SMILES string of the molecule is COc1c(O)c(O)c(Br)c(C)c1Cl. The number of ether oxygens (including phenoxy) is 1. The highest BCUT2D eigenvalue weighted by Gasteiger charge is 2.19. The molecule has 0 spiro atoms. The molecule has 0 bridgehead atoms. The second-order valence-corrected chi connectivity index (χ2v) is 3.65. The first-order valence-corrected chi connectivity index (χ1v) is 4.61. The molecule has 1 rings (SSSR count). The van der Waals surface area contributed by atoms with Gasteiger partial charge in [-0.3, -0.25) is 0 Å². The smallest absolute Gasteiger partial charge is 0.203 e. The first kappa shape index (κ1) is 10.5. The molecule has 0 radical (unpaired) electrons. The molecular weight excluding hydrogens is 259 g/mol. The summed E-state index contributed by atoms with van der Waals surface area (Å²) in [5.41, 5.74) is 0.619. The van der Waals surface area contributed by atoms with Gasteiger partial charge in [0.15, 0.2) is 11.5 Å². The lowest BCUT2D eigenvalue weighted by atomic mass is 10.2. The van der Waals surface area contributed by atoms with Gasteiger partial charge >= 0.3 is 0 Å². The third-order valence-corrected chi connectivity index (χ3v) is 3.13. The fourth-order valence-electron chi connectivity index (χ4n) is 0.946. The molecule has 0 amide bonds. The van der Waals surface area contributed by atoms with Crippen molar-refractivity contribution in [3.63, 3.8) is 0 Å². The van der Waals surface area contributed by atoms with Gasteiger partial charge in [-0.15, -0.1) is 0 Å². The van der Waals surface area contributed by atoms with Crippen LogP contribution in [-0.4, -0.2) is 17.3 Å². The van der Waals surface area contributed by atoms with E-state index >= 15 is 0 Å². The van der Waals surface area contributed by atoms with Crippen LogP contribution in [0.2, 0.25) is 5.02 Å². The molecule has 5 heteroatoms. The van der Waals surface area contributed by atoms with Crippen LogP contribution in [0, 0.1) is 6.92 Å². The highest BCUT2D eigenvalue weighted by Crippen LogP contribution is 2.48. The number of rotatable bonds is 1. The lowest BCUT2D eigenvalue weighted by molar-refractivity contribution is 0.349. The predicted molar refractivity (Wildman–Crippen MR) is 53.8 cm³/mol. The quantitative estimate of drug-likeness (QED) is 0.769. The molecule has 0 saturated heterocycles. The van der Waals surface area contributed by atoms with E-state index in [1.165, 1.54) is 7.11 Å². The summed E-state index contributed by atoms with van der Waals surface area (Å²) in [6.45, 7) is 1.70. The lowest BCUT2D eigenvalue weighted by Gasteiger charge is -2.11. The van der Waals surface area contributed by atoms with Crippen molar-refractivity contribution < 1.29 is 14.9 Å². The van der Waals surface area contributed by atoms with Crippen LogP contribution in [0.3, 0.4) is 0 Å². The summed E-state index contributed by atoms with van der Waals surface area (Å²) in [6.07, 6.45) is 0. The molecule has 0 aliphatic heterocycles. The Hall–Kier alpha value is -0.610. The van der Waals surface area contributed by atoms with Crippen LogP contribution >= 0.6 is 27.5 Å². The molecule has 1 aromatic carbocycles. The number of halogens is 2. The number of phenols is 2. The molecular formula is C8H8BrClO3. The van der Waals surface area contributed by atoms with Crippen molar-refractivity contribution in [2.75, 3.05) is 7.11 Å². The monoisotopic (exact) mass is 266 g/mol. The third kappa shape index (κ3) is 1.56. The van der Waals surface area contributed by atoms with Gasteiger partial charge in [0.05, 0.1) is 16.6 Å². The van der Waals surface area contributed by atoms with E-state index < -0.39 is 0 Å². The number of hydrogen-bond acceptors (Lipinski definition) is 3. The molecule has 1 aromatic rings. The summed E-state index contributed by atoms with van der Waals surface area (Å²) >= 11 is 8.94. The maximum Gasteiger partial charge on any atom is 0.203 e. The third-order valence-electron chi connectivity index (χ3n) is 1.71. The van der Waals surface area contributed by atoms with Gasteiger partial charge in [0.2, 0.25) is 5.75 Å². The Balaban J connectivity index is 3.56. The van der Waals surface area contributed by atoms with Crippen LogP contribution in [0.1, 0.15) is 5.56 Å². The highest BCUT2D eigenvalue weighted by molar-refractivity contribution is 9.10. The predicted octanol–water partition coefficient (Wildman–Crippen LogP) is 2.83. The van der Waals surface area contributed by atoms with E-state index in [-0.39, 0.29) is 22.3 Å². The van der Waals surface area contributed by atoms with Crippen LogP contribution in [-0.2, 0) is 0 Å². The number of hydrogen-bond donors (Lipinski definition) is 2. The van der Waals surface area contributed by atoms with Crippen molar-refractivity contribution in [2.45, 2.75) is 6.92 Å². The zero-order chi connectivity index (χ0) is 10.2. The van der Waals surface area contributed by atoms with Crippen molar-refractivity contribution in [2.24, 2.45) is 0 Å². The molecule has 0 atom stereocenters. The Bertz CT molecular complexity index is 323. The van der Waals surface area contributed by atoms with Crippen LogP contribution in [0.4, 0.5) is 0 Å². The van der Waals surface area contributed by atoms with Gasteiger partial charge in [0.25, 0.3) is 0 Å². The Kier molecular flexibility index (Phi) is 2.93. The molecule has 0 heterocycles. The van der Waals surface area contributed by atoms with Crippen molar-refractivity contribution in [3.8, 4) is 17.2 Å². The maximum atomic E-state index is 9.39. The summed E-state index contributed by atoms with van der Waals surface area (Å²) < 4.78 is 5.20. The lowest BCUT2D eigenvalue weighted by Crippen LogP contribution is -1.89. The van der Waals surface area contributed by atoms with Crippen LogP contribution in [0.5, 0.6) is 17.2 Å². The number of methoxy groups -OCH3 is 1. The van der Waals surface area contributed by atoms with E-state index in [1.807, 2.05) is 0 Å². The van der Waals surface area contributed by atoms with Gasteiger partial charge in [-0.2, -0.15) is 0 Å². The topological polar surface area (TPSA) is 49.7 Å². The molecule has 0 fully saturated rings. The van der Waals surface area contributed by atoms with Gasteiger partial charge in [0.1, 0.15) is 0 Å². The van der Waals surface area contributed by atoms with Gasteiger partial charge < -0.3 is 14.9 Å². The average Bonchev–Trinajstić information content (AvgIpc) is 2.13.